The molecule has 6 nitrogen and oxygen atoms in total. The van der Waals surface area contributed by atoms with E-state index in [4.69, 9.17) is 29.4 Å². The summed E-state index contributed by atoms with van der Waals surface area (Å²) in [5, 5.41) is 2.11. The third kappa shape index (κ3) is 5.72. The number of furan rings is 1. The van der Waals surface area contributed by atoms with Gasteiger partial charge in [-0.05, 0) is 64.7 Å². The first-order valence-electron chi connectivity index (χ1n) is 18.6. The first-order valence-corrected chi connectivity index (χ1v) is 19.5. The van der Waals surface area contributed by atoms with E-state index in [-0.39, 0.29) is 11.3 Å². The molecule has 2 atom stereocenters. The zero-order valence-corrected chi connectivity index (χ0v) is 30.8. The van der Waals surface area contributed by atoms with Crippen LogP contribution in [0.2, 0.25) is 0 Å². The van der Waals surface area contributed by atoms with Gasteiger partial charge >= 0.3 is 0 Å². The van der Waals surface area contributed by atoms with Gasteiger partial charge in [-0.15, -0.1) is 11.8 Å². The summed E-state index contributed by atoms with van der Waals surface area (Å²) in [5.74, 6) is 2.54. The van der Waals surface area contributed by atoms with Gasteiger partial charge in [0.2, 0.25) is 0 Å². The predicted molar refractivity (Wildman–Crippen MR) is 227 cm³/mol. The van der Waals surface area contributed by atoms with Crippen LogP contribution in [0, 0.1) is 0 Å². The Balaban J connectivity index is 1.00. The number of nitrogens with zero attached hydrogens (tertiary/aromatic N) is 5. The largest absolute Gasteiger partial charge is 0.456 e. The van der Waals surface area contributed by atoms with Crippen molar-refractivity contribution >= 4 is 45.2 Å². The van der Waals surface area contributed by atoms with Gasteiger partial charge in [-0.2, -0.15) is 0 Å². The molecule has 2 aliphatic rings. The van der Waals surface area contributed by atoms with Gasteiger partial charge in [0.15, 0.2) is 23.3 Å². The first-order chi connectivity index (χ1) is 27.7. The van der Waals surface area contributed by atoms with E-state index in [1.165, 1.54) is 10.5 Å². The van der Waals surface area contributed by atoms with Crippen LogP contribution in [0.3, 0.4) is 0 Å². The van der Waals surface area contributed by atoms with Gasteiger partial charge in [0.1, 0.15) is 11.2 Å². The molecule has 2 aliphatic heterocycles. The summed E-state index contributed by atoms with van der Waals surface area (Å²) in [7, 11) is 0. The van der Waals surface area contributed by atoms with Gasteiger partial charge in [-0.25, -0.2) is 19.9 Å². The monoisotopic (exact) mass is 737 g/mol. The Morgan fingerprint density at radius 1 is 0.429 bits per heavy atom. The lowest BCUT2D eigenvalue weighted by Gasteiger charge is -2.24. The fourth-order valence-corrected chi connectivity index (χ4v) is 9.12. The van der Waals surface area contributed by atoms with Gasteiger partial charge < -0.3 is 4.42 Å². The summed E-state index contributed by atoms with van der Waals surface area (Å²) < 4.78 is 6.51. The average Bonchev–Trinajstić information content (AvgIpc) is 3.84. The number of aliphatic imine (C=N–C) groups is 2. The van der Waals surface area contributed by atoms with Crippen molar-refractivity contribution in [3.05, 3.63) is 193 Å². The Bertz CT molecular complexity index is 3010. The van der Waals surface area contributed by atoms with Crippen molar-refractivity contribution in [3.8, 4) is 45.3 Å². The van der Waals surface area contributed by atoms with Gasteiger partial charge in [0.25, 0.3) is 0 Å². The maximum atomic E-state index is 6.51. The van der Waals surface area contributed by atoms with Crippen molar-refractivity contribution in [2.75, 3.05) is 0 Å². The van der Waals surface area contributed by atoms with E-state index in [0.717, 1.165) is 66.6 Å². The van der Waals surface area contributed by atoms with Crippen molar-refractivity contribution in [2.45, 2.75) is 16.2 Å². The van der Waals surface area contributed by atoms with Crippen LogP contribution in [0.4, 0.5) is 0 Å². The van der Waals surface area contributed by atoms with Crippen molar-refractivity contribution < 1.29 is 4.42 Å². The zero-order chi connectivity index (χ0) is 37.0. The molecule has 0 N–H and O–H groups in total. The van der Waals surface area contributed by atoms with Gasteiger partial charge in [-0.1, -0.05) is 133 Å². The molecule has 0 radical (unpaired) electrons. The summed E-state index contributed by atoms with van der Waals surface area (Å²) in [6.07, 6.45) is 0. The Labute approximate surface area is 327 Å². The molecule has 7 aromatic carbocycles. The van der Waals surface area contributed by atoms with E-state index in [9.17, 15) is 0 Å². The van der Waals surface area contributed by atoms with Crippen molar-refractivity contribution in [1.82, 2.24) is 15.0 Å². The van der Waals surface area contributed by atoms with Crippen molar-refractivity contribution in [2.24, 2.45) is 9.98 Å². The van der Waals surface area contributed by atoms with Crippen molar-refractivity contribution in [3.63, 3.8) is 0 Å². The Kier molecular flexibility index (Phi) is 7.77. The molecule has 0 fully saturated rings. The normalized spacial score (nSPS) is 16.0. The molecule has 2 aromatic heterocycles. The van der Waals surface area contributed by atoms with E-state index in [2.05, 4.69) is 121 Å². The Morgan fingerprint density at radius 3 is 1.80 bits per heavy atom. The molecule has 264 valence electrons. The molecular weight excluding hydrogens is 707 g/mol. The highest BCUT2D eigenvalue weighted by atomic mass is 32.2. The lowest BCUT2D eigenvalue weighted by Crippen LogP contribution is -2.28. The maximum absolute atomic E-state index is 6.51. The third-order valence-electron chi connectivity index (χ3n) is 10.5. The summed E-state index contributed by atoms with van der Waals surface area (Å²) in [6, 6.07) is 60.3. The number of fused-ring (bicyclic) bond motifs is 6. The Morgan fingerprint density at radius 2 is 1.04 bits per heavy atom. The SMILES string of the molecule is c1ccc(C2=NC(c3ccc4c(c3)oc3ccc(-c5nc(-c6ccccc6)nc(-c6cccc(-c7ccccc7)c6)n5)cc34)=NC3c4ccccc4SC23)cc1. The molecule has 11 rings (SSSR count). The van der Waals surface area contributed by atoms with Crippen LogP contribution in [0.25, 0.3) is 67.2 Å². The minimum atomic E-state index is -0.0142. The number of hydrogen-bond acceptors (Lipinski definition) is 7. The summed E-state index contributed by atoms with van der Waals surface area (Å²) >= 11 is 1.85. The van der Waals surface area contributed by atoms with Crippen LogP contribution in [-0.2, 0) is 0 Å². The standard InChI is InChI=1S/C49H31N5OS/c1-4-13-30(14-5-1)33-19-12-20-34(27-33)48-52-46(32-17-8-3-9-18-32)53-49(54-48)35-24-26-40-39(28-35)37-25-23-36(29-41(37)55-40)47-50-43(31-15-6-2-7-16-31)45-44(51-47)38-21-10-11-22-42(38)56-45/h1-29,44-45H. The van der Waals surface area contributed by atoms with Crippen molar-refractivity contribution in [1.29, 1.82) is 0 Å². The lowest BCUT2D eigenvalue weighted by molar-refractivity contribution is 0.669. The van der Waals surface area contributed by atoms with E-state index in [1.54, 1.807) is 0 Å². The highest BCUT2D eigenvalue weighted by molar-refractivity contribution is 8.01. The molecule has 0 bridgehead atoms. The van der Waals surface area contributed by atoms with E-state index < -0.39 is 0 Å². The molecule has 0 amide bonds. The topological polar surface area (TPSA) is 76.5 Å². The molecule has 4 heterocycles. The zero-order valence-electron chi connectivity index (χ0n) is 30.0. The van der Waals surface area contributed by atoms with E-state index >= 15 is 0 Å². The second kappa shape index (κ2) is 13.4. The molecule has 0 spiro atoms. The highest BCUT2D eigenvalue weighted by Gasteiger charge is 2.40. The minimum Gasteiger partial charge on any atom is -0.456 e. The lowest BCUT2D eigenvalue weighted by atomic mass is 9.95. The number of hydrogen-bond donors (Lipinski definition) is 0. The fraction of sp³-hybridized carbons (Fsp3) is 0.0408. The van der Waals surface area contributed by atoms with Gasteiger partial charge in [0.05, 0.1) is 17.0 Å². The summed E-state index contributed by atoms with van der Waals surface area (Å²) in [5.41, 5.74) is 10.9. The number of rotatable bonds is 6. The van der Waals surface area contributed by atoms with E-state index in [1.807, 2.05) is 66.4 Å². The number of amidine groups is 1. The maximum Gasteiger partial charge on any atom is 0.164 e. The second-order valence-electron chi connectivity index (χ2n) is 14.0. The molecule has 0 aliphatic carbocycles. The van der Waals surface area contributed by atoms with Crippen LogP contribution in [0.15, 0.2) is 195 Å². The fourth-order valence-electron chi connectivity index (χ4n) is 7.73. The molecular formula is C49H31N5OS. The van der Waals surface area contributed by atoms with Crippen LogP contribution in [-0.4, -0.2) is 31.7 Å². The molecule has 56 heavy (non-hydrogen) atoms. The predicted octanol–water partition coefficient (Wildman–Crippen LogP) is 11.9. The Hall–Kier alpha value is -6.96. The van der Waals surface area contributed by atoms with E-state index in [0.29, 0.717) is 23.3 Å². The van der Waals surface area contributed by atoms with Gasteiger partial charge in [-0.3, -0.25) is 4.99 Å². The van der Waals surface area contributed by atoms with Crippen LogP contribution < -0.4 is 0 Å². The smallest absolute Gasteiger partial charge is 0.164 e. The van der Waals surface area contributed by atoms with Crippen LogP contribution >= 0.6 is 11.8 Å². The molecule has 0 saturated heterocycles. The minimum absolute atomic E-state index is 0.0142. The van der Waals surface area contributed by atoms with Crippen LogP contribution in [0.1, 0.15) is 22.7 Å². The number of benzene rings is 7. The molecule has 7 heteroatoms. The quantitative estimate of drug-likeness (QED) is 0.170. The number of aromatic nitrogens is 3. The summed E-state index contributed by atoms with van der Waals surface area (Å²) in [4.78, 5) is 26.8. The first kappa shape index (κ1) is 32.5. The van der Waals surface area contributed by atoms with Crippen LogP contribution in [0.5, 0.6) is 0 Å². The summed E-state index contributed by atoms with van der Waals surface area (Å²) in [6.45, 7) is 0. The molecule has 9 aromatic rings. The highest BCUT2D eigenvalue weighted by Crippen LogP contribution is 2.49. The average molecular weight is 738 g/mol. The van der Waals surface area contributed by atoms with Gasteiger partial charge in [0, 0.05) is 37.9 Å². The molecule has 2 unspecified atom stereocenters. The second-order valence-corrected chi connectivity index (χ2v) is 15.2. The third-order valence-corrected chi connectivity index (χ3v) is 11.8. The molecule has 0 saturated carbocycles. The number of thioether (sulfide) groups is 1.